The third kappa shape index (κ3) is 6.09. The van der Waals surface area contributed by atoms with E-state index in [1.165, 1.54) is 51.2 Å². The Hall–Kier alpha value is -4.49. The van der Waals surface area contributed by atoms with Crippen LogP contribution in [0.15, 0.2) is 53.5 Å². The van der Waals surface area contributed by atoms with Gasteiger partial charge in [-0.05, 0) is 42.8 Å². The molecule has 1 aliphatic heterocycles. The fraction of sp³-hybridized carbons (Fsp3) is 0.267. The molecule has 45 heavy (non-hydrogen) atoms. The van der Waals surface area contributed by atoms with Crippen molar-refractivity contribution in [2.45, 2.75) is 39.0 Å². The lowest BCUT2D eigenvalue weighted by molar-refractivity contribution is -0.450. The molecule has 0 saturated heterocycles. The molecule has 2 amide bonds. The second kappa shape index (κ2) is 12.1. The Morgan fingerprint density at radius 3 is 2.40 bits per heavy atom. The Morgan fingerprint density at radius 1 is 1.09 bits per heavy atom. The van der Waals surface area contributed by atoms with E-state index in [-0.39, 0.29) is 41.5 Å². The summed E-state index contributed by atoms with van der Waals surface area (Å²) >= 11 is 12.2. The number of fused-ring (bicyclic) bond motifs is 1. The second-order valence-electron chi connectivity index (χ2n) is 10.5. The highest BCUT2D eigenvalue weighted by Gasteiger charge is 2.34. The van der Waals surface area contributed by atoms with Crippen molar-refractivity contribution in [1.82, 2.24) is 24.4 Å². The SMILES string of the molecule is CNC(=O)c1ncc(-n2c(N[C@@H](C)c3ccc(C(F)(F)F)cc3)nc3c(c2=O)CC(C)=[N+](C(=O)c2ccc(Cl)c(Cl)c2)C3)n1C. The van der Waals surface area contributed by atoms with Crippen LogP contribution in [-0.2, 0) is 26.2 Å². The lowest BCUT2D eigenvalue weighted by Gasteiger charge is -2.22. The number of benzene rings is 2. The molecule has 1 atom stereocenters. The number of anilines is 1. The summed E-state index contributed by atoms with van der Waals surface area (Å²) in [5.74, 6) is -0.532. The summed E-state index contributed by atoms with van der Waals surface area (Å²) in [4.78, 5) is 49.0. The van der Waals surface area contributed by atoms with E-state index >= 15 is 0 Å². The molecule has 234 valence electrons. The van der Waals surface area contributed by atoms with E-state index in [0.29, 0.717) is 33.1 Å². The van der Waals surface area contributed by atoms with E-state index < -0.39 is 29.2 Å². The van der Waals surface area contributed by atoms with Crippen LogP contribution < -0.4 is 16.2 Å². The van der Waals surface area contributed by atoms with Gasteiger partial charge in [0.05, 0.1) is 45.4 Å². The number of nitrogens with one attached hydrogen (secondary N) is 2. The Kier molecular flexibility index (Phi) is 8.60. The molecule has 5 rings (SSSR count). The fourth-order valence-corrected chi connectivity index (χ4v) is 5.35. The van der Waals surface area contributed by atoms with Gasteiger partial charge in [0.15, 0.2) is 18.1 Å². The molecule has 15 heteroatoms. The summed E-state index contributed by atoms with van der Waals surface area (Å²) < 4.78 is 43.7. The first kappa shape index (κ1) is 31.9. The van der Waals surface area contributed by atoms with Crippen LogP contribution in [0.3, 0.4) is 0 Å². The number of amides is 2. The minimum absolute atomic E-state index is 0.0332. The van der Waals surface area contributed by atoms with Gasteiger partial charge in [-0.25, -0.2) is 19.3 Å². The summed E-state index contributed by atoms with van der Waals surface area (Å²) in [5, 5.41) is 6.16. The summed E-state index contributed by atoms with van der Waals surface area (Å²) in [6.07, 6.45) is -3.04. The first-order chi connectivity index (χ1) is 21.2. The standard InChI is InChI=1S/C30H26Cl2F3N7O3/c1-15-11-20-23(14-41(15)27(44)18-7-10-21(31)22(32)12-18)39-29(38-16(2)17-5-8-19(9-6-17)30(33,34)35)42(28(20)45)24-13-37-25(40(24)4)26(43)36-3/h5-10,12-13,16H,11,14H2,1-4H3,(H-,36,38,39,43,45)/p+1/t16-/m0/s1. The number of alkyl halides is 3. The van der Waals surface area contributed by atoms with Gasteiger partial charge in [-0.1, -0.05) is 35.3 Å². The Bertz CT molecular complexity index is 1930. The van der Waals surface area contributed by atoms with Crippen molar-refractivity contribution in [3.05, 3.63) is 103 Å². The van der Waals surface area contributed by atoms with Crippen molar-refractivity contribution in [1.29, 1.82) is 0 Å². The number of halogens is 5. The summed E-state index contributed by atoms with van der Waals surface area (Å²) in [5.41, 5.74) is 0.794. The average Bonchev–Trinajstić information content (AvgIpc) is 3.38. The largest absolute Gasteiger partial charge is 0.419 e. The van der Waals surface area contributed by atoms with E-state index in [1.807, 2.05) is 0 Å². The van der Waals surface area contributed by atoms with Crippen molar-refractivity contribution in [2.24, 2.45) is 7.05 Å². The molecule has 3 heterocycles. The van der Waals surface area contributed by atoms with Crippen LogP contribution in [-0.4, -0.2) is 48.3 Å². The first-order valence-corrected chi connectivity index (χ1v) is 14.4. The molecule has 0 unspecified atom stereocenters. The zero-order chi connectivity index (χ0) is 32.8. The fourth-order valence-electron chi connectivity index (χ4n) is 5.05. The maximum Gasteiger partial charge on any atom is 0.419 e. The number of carbonyl (C=O) groups is 2. The molecule has 0 bridgehead atoms. The van der Waals surface area contributed by atoms with E-state index in [1.54, 1.807) is 27.0 Å². The molecule has 2 aromatic heterocycles. The molecule has 0 aliphatic carbocycles. The molecule has 1 aliphatic rings. The third-order valence-electron chi connectivity index (χ3n) is 7.58. The van der Waals surface area contributed by atoms with E-state index in [0.717, 1.165) is 12.1 Å². The molecule has 0 saturated carbocycles. The van der Waals surface area contributed by atoms with Gasteiger partial charge in [0, 0.05) is 21.0 Å². The summed E-state index contributed by atoms with van der Waals surface area (Å²) in [7, 11) is 3.02. The number of aromatic nitrogens is 4. The Balaban J connectivity index is 1.60. The van der Waals surface area contributed by atoms with Gasteiger partial charge in [-0.15, -0.1) is 0 Å². The van der Waals surface area contributed by atoms with Crippen LogP contribution in [0.1, 0.15) is 63.3 Å². The number of nitrogens with zero attached hydrogens (tertiary/aromatic N) is 5. The van der Waals surface area contributed by atoms with E-state index in [4.69, 9.17) is 28.2 Å². The Morgan fingerprint density at radius 2 is 1.78 bits per heavy atom. The minimum atomic E-state index is -4.49. The van der Waals surface area contributed by atoms with Gasteiger partial charge in [-0.3, -0.25) is 9.59 Å². The van der Waals surface area contributed by atoms with Gasteiger partial charge in [-0.2, -0.15) is 17.7 Å². The lowest BCUT2D eigenvalue weighted by Crippen LogP contribution is -2.38. The van der Waals surface area contributed by atoms with Crippen LogP contribution in [0.4, 0.5) is 19.1 Å². The highest BCUT2D eigenvalue weighted by atomic mass is 35.5. The molecular formula is C30H27Cl2F3N7O3+. The van der Waals surface area contributed by atoms with Gasteiger partial charge in [0.1, 0.15) is 11.5 Å². The van der Waals surface area contributed by atoms with Crippen LogP contribution in [0.2, 0.25) is 10.0 Å². The third-order valence-corrected chi connectivity index (χ3v) is 8.32. The topological polar surface area (TPSA) is 114 Å². The smallest absolute Gasteiger partial charge is 0.352 e. The van der Waals surface area contributed by atoms with Crippen molar-refractivity contribution in [2.75, 3.05) is 12.4 Å². The number of imidazole rings is 1. The molecule has 0 radical (unpaired) electrons. The van der Waals surface area contributed by atoms with Crippen molar-refractivity contribution in [3.63, 3.8) is 0 Å². The van der Waals surface area contributed by atoms with E-state index in [2.05, 4.69) is 15.6 Å². The zero-order valence-corrected chi connectivity index (χ0v) is 26.0. The predicted octanol–water partition coefficient (Wildman–Crippen LogP) is 5.19. The van der Waals surface area contributed by atoms with Crippen LogP contribution in [0.5, 0.6) is 0 Å². The Labute approximate surface area is 265 Å². The molecule has 4 aromatic rings. The molecule has 2 N–H and O–H groups in total. The number of rotatable bonds is 6. The molecule has 0 fully saturated rings. The monoisotopic (exact) mass is 660 g/mol. The minimum Gasteiger partial charge on any atom is -0.352 e. The van der Waals surface area contributed by atoms with Crippen LogP contribution >= 0.6 is 23.2 Å². The van der Waals surface area contributed by atoms with E-state index in [9.17, 15) is 27.6 Å². The zero-order valence-electron chi connectivity index (χ0n) is 24.5. The molecule has 2 aromatic carbocycles. The quantitative estimate of drug-likeness (QED) is 0.275. The van der Waals surface area contributed by atoms with Gasteiger partial charge in [0.25, 0.3) is 11.5 Å². The van der Waals surface area contributed by atoms with Gasteiger partial charge in [0.2, 0.25) is 5.95 Å². The maximum absolute atomic E-state index is 14.2. The van der Waals surface area contributed by atoms with Crippen LogP contribution in [0, 0.1) is 0 Å². The van der Waals surface area contributed by atoms with Gasteiger partial charge < -0.3 is 15.2 Å². The molecular weight excluding hydrogens is 634 g/mol. The first-order valence-electron chi connectivity index (χ1n) is 13.6. The molecule has 10 nitrogen and oxygen atoms in total. The molecule has 0 spiro atoms. The number of hydrogen-bond acceptors (Lipinski definition) is 6. The number of hydrogen-bond donors (Lipinski definition) is 2. The number of carbonyl (C=O) groups excluding carboxylic acids is 2. The summed E-state index contributed by atoms with van der Waals surface area (Å²) in [6, 6.07) is 8.55. The maximum atomic E-state index is 14.2. The highest BCUT2D eigenvalue weighted by molar-refractivity contribution is 6.42. The predicted molar refractivity (Wildman–Crippen MR) is 163 cm³/mol. The highest BCUT2D eigenvalue weighted by Crippen LogP contribution is 2.31. The van der Waals surface area contributed by atoms with Crippen LogP contribution in [0.25, 0.3) is 5.82 Å². The second-order valence-corrected chi connectivity index (χ2v) is 11.3. The normalized spacial score (nSPS) is 13.8. The van der Waals surface area contributed by atoms with Crippen molar-refractivity contribution in [3.8, 4) is 5.82 Å². The lowest BCUT2D eigenvalue weighted by atomic mass is 10.0. The average molecular weight is 661 g/mol. The summed E-state index contributed by atoms with van der Waals surface area (Å²) in [6.45, 7) is 3.40. The van der Waals surface area contributed by atoms with Crippen molar-refractivity contribution >= 4 is 46.7 Å². The van der Waals surface area contributed by atoms with Gasteiger partial charge >= 0.3 is 12.1 Å². The van der Waals surface area contributed by atoms with Crippen molar-refractivity contribution < 1.29 is 27.3 Å².